The Hall–Kier alpha value is -3.06. The summed E-state index contributed by atoms with van der Waals surface area (Å²) in [6.07, 6.45) is 1.74. The Kier molecular flexibility index (Phi) is 5.74. The lowest BCUT2D eigenvalue weighted by molar-refractivity contribution is 0.434. The largest absolute Gasteiger partial charge is 0.506 e. The van der Waals surface area contributed by atoms with Crippen molar-refractivity contribution in [3.05, 3.63) is 100.0 Å². The minimum Gasteiger partial charge on any atom is -0.506 e. The van der Waals surface area contributed by atoms with Gasteiger partial charge in [0.15, 0.2) is 5.11 Å². The van der Waals surface area contributed by atoms with E-state index in [4.69, 9.17) is 39.8 Å². The topological polar surface area (TPSA) is 61.5 Å². The van der Waals surface area contributed by atoms with Gasteiger partial charge in [-0.25, -0.2) is 0 Å². The first-order chi connectivity index (χ1) is 15.9. The van der Waals surface area contributed by atoms with Crippen LogP contribution < -0.4 is 10.2 Å². The summed E-state index contributed by atoms with van der Waals surface area (Å²) in [6, 6.07) is 19.4. The second kappa shape index (κ2) is 8.71. The Morgan fingerprint density at radius 1 is 1.03 bits per heavy atom. The first-order valence-electron chi connectivity index (χ1n) is 10.3. The minimum absolute atomic E-state index is 0.0627. The molecule has 0 bridgehead atoms. The summed E-state index contributed by atoms with van der Waals surface area (Å²) in [6.45, 7) is 2.01. The number of phenols is 1. The van der Waals surface area contributed by atoms with E-state index in [9.17, 15) is 5.11 Å². The predicted octanol–water partition coefficient (Wildman–Crippen LogP) is 6.84. The highest BCUT2D eigenvalue weighted by Gasteiger charge is 2.43. The fraction of sp³-hybridized carbons (Fsp3) is 0.120. The van der Waals surface area contributed by atoms with Crippen molar-refractivity contribution in [3.8, 4) is 17.1 Å². The Bertz CT molecular complexity index is 1340. The number of nitrogens with one attached hydrogen (secondary N) is 1. The molecule has 4 aromatic rings. The van der Waals surface area contributed by atoms with Crippen LogP contribution in [0, 0.1) is 6.92 Å². The van der Waals surface area contributed by atoms with Crippen molar-refractivity contribution in [1.82, 2.24) is 10.3 Å². The molecule has 2 unspecified atom stereocenters. The number of anilines is 1. The monoisotopic (exact) mass is 495 g/mol. The fourth-order valence-corrected chi connectivity index (χ4v) is 4.79. The lowest BCUT2D eigenvalue weighted by Crippen LogP contribution is -2.29. The van der Waals surface area contributed by atoms with Gasteiger partial charge < -0.3 is 19.7 Å². The van der Waals surface area contributed by atoms with Crippen LogP contribution in [0.15, 0.2) is 77.3 Å². The quantitative estimate of drug-likeness (QED) is 0.302. The second-order valence-corrected chi connectivity index (χ2v) is 9.05. The van der Waals surface area contributed by atoms with Gasteiger partial charge in [-0.05, 0) is 79.3 Å². The number of hydrogen-bond acceptors (Lipinski definition) is 4. The number of nitrogens with zero attached hydrogens (tertiary/aromatic N) is 2. The van der Waals surface area contributed by atoms with Crippen LogP contribution in [0.5, 0.6) is 5.75 Å². The van der Waals surface area contributed by atoms with Crippen LogP contribution in [0.1, 0.15) is 29.1 Å². The van der Waals surface area contributed by atoms with Crippen LogP contribution in [0.4, 0.5) is 5.69 Å². The summed E-state index contributed by atoms with van der Waals surface area (Å²) in [5, 5.41) is 15.5. The molecule has 8 heteroatoms. The molecule has 33 heavy (non-hydrogen) atoms. The summed E-state index contributed by atoms with van der Waals surface area (Å²) in [4.78, 5) is 6.36. The Morgan fingerprint density at radius 2 is 1.82 bits per heavy atom. The van der Waals surface area contributed by atoms with Crippen LogP contribution in [0.3, 0.4) is 0 Å². The number of rotatable bonds is 4. The summed E-state index contributed by atoms with van der Waals surface area (Å²) >= 11 is 18.2. The number of aromatic hydroxyl groups is 1. The third-order valence-corrected chi connectivity index (χ3v) is 6.46. The lowest BCUT2D eigenvalue weighted by atomic mass is 10.0. The molecular weight excluding hydrogens is 477 g/mol. The summed E-state index contributed by atoms with van der Waals surface area (Å²) in [5.74, 6) is 1.41. The standard InChI is InChI=1S/C25H19Cl2N3O2S/c1-14-5-6-15(26)12-17(14)21-9-10-22(32-21)24-23(18-4-2-3-11-28-18)29-25(33)30(24)19-13-16(27)7-8-20(19)31/h2-13,23-24,31H,1H3,(H,29,33). The van der Waals surface area contributed by atoms with Gasteiger partial charge in [0.05, 0.1) is 17.4 Å². The Labute approximate surface area is 206 Å². The maximum Gasteiger partial charge on any atom is 0.174 e. The number of benzene rings is 2. The van der Waals surface area contributed by atoms with E-state index in [1.807, 2.05) is 60.4 Å². The van der Waals surface area contributed by atoms with E-state index in [0.717, 1.165) is 16.8 Å². The number of aryl methyl sites for hydroxylation is 1. The molecular formula is C25H19Cl2N3O2S. The number of hydrogen-bond donors (Lipinski definition) is 2. The van der Waals surface area contributed by atoms with Crippen LogP contribution in [0.2, 0.25) is 10.0 Å². The number of furan rings is 1. The average molecular weight is 496 g/mol. The molecule has 166 valence electrons. The molecule has 5 rings (SSSR count). The first-order valence-corrected chi connectivity index (χ1v) is 11.4. The molecule has 2 aromatic heterocycles. The summed E-state index contributed by atoms with van der Waals surface area (Å²) in [5.41, 5.74) is 3.24. The third kappa shape index (κ3) is 4.06. The molecule has 1 aliphatic heterocycles. The van der Waals surface area contributed by atoms with Gasteiger partial charge in [0.25, 0.3) is 0 Å². The highest BCUT2D eigenvalue weighted by molar-refractivity contribution is 7.80. The van der Waals surface area contributed by atoms with Gasteiger partial charge in [0.2, 0.25) is 0 Å². The Balaban J connectivity index is 1.64. The zero-order chi connectivity index (χ0) is 23.1. The van der Waals surface area contributed by atoms with Crippen LogP contribution in [-0.4, -0.2) is 15.2 Å². The fourth-order valence-electron chi connectivity index (χ4n) is 4.11. The van der Waals surface area contributed by atoms with E-state index in [-0.39, 0.29) is 11.8 Å². The maximum absolute atomic E-state index is 10.6. The molecule has 2 N–H and O–H groups in total. The van der Waals surface area contributed by atoms with E-state index in [0.29, 0.717) is 32.4 Å². The number of pyridine rings is 1. The van der Waals surface area contributed by atoms with Crippen molar-refractivity contribution >= 4 is 46.2 Å². The predicted molar refractivity (Wildman–Crippen MR) is 135 cm³/mol. The van der Waals surface area contributed by atoms with Gasteiger partial charge in [0.1, 0.15) is 23.3 Å². The molecule has 1 saturated heterocycles. The molecule has 0 aliphatic carbocycles. The highest BCUT2D eigenvalue weighted by Crippen LogP contribution is 2.46. The molecule has 1 aliphatic rings. The van der Waals surface area contributed by atoms with Crippen molar-refractivity contribution in [1.29, 1.82) is 0 Å². The van der Waals surface area contributed by atoms with E-state index in [1.165, 1.54) is 0 Å². The van der Waals surface area contributed by atoms with Crippen molar-refractivity contribution < 1.29 is 9.52 Å². The van der Waals surface area contributed by atoms with Crippen LogP contribution in [0.25, 0.3) is 11.3 Å². The SMILES string of the molecule is Cc1ccc(Cl)cc1-c1ccc(C2C(c3ccccn3)NC(=S)N2c2cc(Cl)ccc2O)o1. The van der Waals surface area contributed by atoms with Gasteiger partial charge in [-0.3, -0.25) is 4.98 Å². The molecule has 2 atom stereocenters. The minimum atomic E-state index is -0.412. The van der Waals surface area contributed by atoms with E-state index in [2.05, 4.69) is 10.3 Å². The van der Waals surface area contributed by atoms with Crippen molar-refractivity contribution in [2.75, 3.05) is 4.90 Å². The summed E-state index contributed by atoms with van der Waals surface area (Å²) < 4.78 is 6.37. The van der Waals surface area contributed by atoms with Crippen molar-refractivity contribution in [2.24, 2.45) is 0 Å². The van der Waals surface area contributed by atoms with E-state index in [1.54, 1.807) is 24.4 Å². The van der Waals surface area contributed by atoms with E-state index < -0.39 is 6.04 Å². The summed E-state index contributed by atoms with van der Waals surface area (Å²) in [7, 11) is 0. The maximum atomic E-state index is 10.6. The zero-order valence-electron chi connectivity index (χ0n) is 17.5. The van der Waals surface area contributed by atoms with Gasteiger partial charge in [-0.2, -0.15) is 0 Å². The molecule has 0 amide bonds. The van der Waals surface area contributed by atoms with Crippen LogP contribution >= 0.6 is 35.4 Å². The van der Waals surface area contributed by atoms with Gasteiger partial charge in [0, 0.05) is 21.8 Å². The number of phenolic OH excluding ortho intramolecular Hbond substituents is 1. The molecule has 5 nitrogen and oxygen atoms in total. The third-order valence-electron chi connectivity index (χ3n) is 5.68. The molecule has 2 aromatic carbocycles. The van der Waals surface area contributed by atoms with Gasteiger partial charge in [-0.15, -0.1) is 0 Å². The zero-order valence-corrected chi connectivity index (χ0v) is 19.8. The van der Waals surface area contributed by atoms with Crippen molar-refractivity contribution in [2.45, 2.75) is 19.0 Å². The molecule has 0 radical (unpaired) electrons. The normalized spacial score (nSPS) is 17.9. The molecule has 3 heterocycles. The molecule has 0 spiro atoms. The first kappa shape index (κ1) is 21.8. The Morgan fingerprint density at radius 3 is 2.61 bits per heavy atom. The molecule has 0 saturated carbocycles. The van der Waals surface area contributed by atoms with Gasteiger partial charge >= 0.3 is 0 Å². The van der Waals surface area contributed by atoms with Crippen molar-refractivity contribution in [3.63, 3.8) is 0 Å². The van der Waals surface area contributed by atoms with Crippen LogP contribution in [-0.2, 0) is 0 Å². The average Bonchev–Trinajstić information content (AvgIpc) is 3.42. The number of thiocarbonyl (C=S) groups is 1. The number of aromatic nitrogens is 1. The van der Waals surface area contributed by atoms with E-state index >= 15 is 0 Å². The highest BCUT2D eigenvalue weighted by atomic mass is 35.5. The smallest absolute Gasteiger partial charge is 0.174 e. The molecule has 1 fully saturated rings. The second-order valence-electron chi connectivity index (χ2n) is 7.79. The lowest BCUT2D eigenvalue weighted by Gasteiger charge is -2.26. The number of halogens is 2. The van der Waals surface area contributed by atoms with Gasteiger partial charge in [-0.1, -0.05) is 35.3 Å².